The molecule has 94 valence electrons. The smallest absolute Gasteiger partial charge is 0.213 e. The monoisotopic (exact) mass is 254 g/mol. The molecule has 0 spiro atoms. The fraction of sp³-hybridized carbons (Fsp3) is 0.500. The van der Waals surface area contributed by atoms with Crippen molar-refractivity contribution in [3.8, 4) is 0 Å². The van der Waals surface area contributed by atoms with E-state index in [-0.39, 0.29) is 5.75 Å². The van der Waals surface area contributed by atoms with Gasteiger partial charge in [-0.25, -0.2) is 13.1 Å². The third-order valence-electron chi connectivity index (χ3n) is 3.04. The van der Waals surface area contributed by atoms with Crippen LogP contribution in [0.25, 0.3) is 0 Å². The SMILES string of the molecule is Cc1ccc(C)c(N2CCNS(=O)(=O)CC2)c1. The van der Waals surface area contributed by atoms with Gasteiger partial charge in [0.05, 0.1) is 5.75 Å². The van der Waals surface area contributed by atoms with Crippen molar-refractivity contribution in [2.45, 2.75) is 13.8 Å². The lowest BCUT2D eigenvalue weighted by atomic mass is 10.1. The van der Waals surface area contributed by atoms with Gasteiger partial charge >= 0.3 is 0 Å². The molecule has 0 saturated carbocycles. The van der Waals surface area contributed by atoms with E-state index in [1.807, 2.05) is 0 Å². The quantitative estimate of drug-likeness (QED) is 0.815. The molecular weight excluding hydrogens is 236 g/mol. The van der Waals surface area contributed by atoms with Crippen LogP contribution in [0.2, 0.25) is 0 Å². The minimum atomic E-state index is -3.07. The zero-order valence-corrected chi connectivity index (χ0v) is 11.0. The van der Waals surface area contributed by atoms with Crippen LogP contribution < -0.4 is 9.62 Å². The number of benzene rings is 1. The van der Waals surface area contributed by atoms with Gasteiger partial charge < -0.3 is 4.90 Å². The third kappa shape index (κ3) is 2.98. The molecule has 0 radical (unpaired) electrons. The minimum absolute atomic E-state index is 0.167. The third-order valence-corrected chi connectivity index (χ3v) is 4.40. The molecule has 5 heteroatoms. The van der Waals surface area contributed by atoms with E-state index >= 15 is 0 Å². The van der Waals surface area contributed by atoms with Gasteiger partial charge in [-0.05, 0) is 31.0 Å². The second-order valence-corrected chi connectivity index (χ2v) is 6.42. The van der Waals surface area contributed by atoms with Crippen molar-refractivity contribution >= 4 is 15.7 Å². The molecule has 0 aromatic heterocycles. The van der Waals surface area contributed by atoms with E-state index in [9.17, 15) is 8.42 Å². The lowest BCUT2D eigenvalue weighted by Crippen LogP contribution is -2.29. The lowest BCUT2D eigenvalue weighted by Gasteiger charge is -2.24. The Hall–Kier alpha value is -1.07. The van der Waals surface area contributed by atoms with Crippen LogP contribution in [0.15, 0.2) is 18.2 Å². The van der Waals surface area contributed by atoms with Crippen molar-refractivity contribution in [2.24, 2.45) is 0 Å². The second kappa shape index (κ2) is 4.66. The Bertz CT molecular complexity index is 511. The van der Waals surface area contributed by atoms with Crippen molar-refractivity contribution in [1.29, 1.82) is 0 Å². The predicted octanol–water partition coefficient (Wildman–Crippen LogP) is 1.04. The Morgan fingerprint density at radius 2 is 2.00 bits per heavy atom. The van der Waals surface area contributed by atoms with Gasteiger partial charge in [0.25, 0.3) is 0 Å². The van der Waals surface area contributed by atoms with Crippen molar-refractivity contribution < 1.29 is 8.42 Å². The Kier molecular flexibility index (Phi) is 3.40. The summed E-state index contributed by atoms with van der Waals surface area (Å²) in [5.74, 6) is 0.167. The van der Waals surface area contributed by atoms with Crippen LogP contribution in [0.3, 0.4) is 0 Å². The summed E-state index contributed by atoms with van der Waals surface area (Å²) in [4.78, 5) is 2.14. The standard InChI is InChI=1S/C12H18N2O2S/c1-10-3-4-11(2)12(9-10)14-6-5-13-17(15,16)8-7-14/h3-4,9,13H,5-8H2,1-2H3. The first-order valence-electron chi connectivity index (χ1n) is 5.77. The van der Waals surface area contributed by atoms with Crippen molar-refractivity contribution in [2.75, 3.05) is 30.3 Å². The van der Waals surface area contributed by atoms with E-state index in [1.165, 1.54) is 11.1 Å². The molecule has 17 heavy (non-hydrogen) atoms. The number of aryl methyl sites for hydroxylation is 2. The molecule has 1 fully saturated rings. The van der Waals surface area contributed by atoms with Crippen LogP contribution in [0.1, 0.15) is 11.1 Å². The molecule has 1 saturated heterocycles. The molecule has 4 nitrogen and oxygen atoms in total. The molecule has 1 aliphatic rings. The Balaban J connectivity index is 2.25. The first-order valence-corrected chi connectivity index (χ1v) is 7.43. The number of nitrogens with zero attached hydrogens (tertiary/aromatic N) is 1. The molecular formula is C12H18N2O2S. The summed E-state index contributed by atoms with van der Waals surface area (Å²) in [5.41, 5.74) is 3.53. The Morgan fingerprint density at radius 1 is 1.24 bits per heavy atom. The number of anilines is 1. The molecule has 1 aromatic carbocycles. The van der Waals surface area contributed by atoms with E-state index in [4.69, 9.17) is 0 Å². The van der Waals surface area contributed by atoms with Gasteiger partial charge in [-0.3, -0.25) is 0 Å². The molecule has 1 heterocycles. The van der Waals surface area contributed by atoms with Crippen LogP contribution in [-0.4, -0.2) is 33.8 Å². The molecule has 2 rings (SSSR count). The highest BCUT2D eigenvalue weighted by Crippen LogP contribution is 2.21. The van der Waals surface area contributed by atoms with Crippen LogP contribution in [0.4, 0.5) is 5.69 Å². The van der Waals surface area contributed by atoms with Gasteiger partial charge in [-0.2, -0.15) is 0 Å². The molecule has 0 amide bonds. The lowest BCUT2D eigenvalue weighted by molar-refractivity contribution is 0.586. The van der Waals surface area contributed by atoms with Gasteiger partial charge in [0, 0.05) is 25.3 Å². The average molecular weight is 254 g/mol. The van der Waals surface area contributed by atoms with Crippen molar-refractivity contribution in [3.05, 3.63) is 29.3 Å². The molecule has 0 unspecified atom stereocenters. The van der Waals surface area contributed by atoms with Gasteiger partial charge in [0.1, 0.15) is 0 Å². The first kappa shape index (κ1) is 12.4. The molecule has 1 aliphatic heterocycles. The summed E-state index contributed by atoms with van der Waals surface area (Å²) in [7, 11) is -3.07. The zero-order valence-electron chi connectivity index (χ0n) is 10.2. The number of sulfonamides is 1. The van der Waals surface area contributed by atoms with Crippen LogP contribution in [0.5, 0.6) is 0 Å². The maximum atomic E-state index is 11.5. The minimum Gasteiger partial charge on any atom is -0.369 e. The van der Waals surface area contributed by atoms with Crippen LogP contribution in [-0.2, 0) is 10.0 Å². The molecule has 1 N–H and O–H groups in total. The first-order chi connectivity index (χ1) is 7.98. The number of hydrogen-bond donors (Lipinski definition) is 1. The summed E-state index contributed by atoms with van der Waals surface area (Å²) in [5, 5.41) is 0. The summed E-state index contributed by atoms with van der Waals surface area (Å²) < 4.78 is 25.5. The van der Waals surface area contributed by atoms with Crippen LogP contribution >= 0.6 is 0 Å². The van der Waals surface area contributed by atoms with Crippen molar-refractivity contribution in [1.82, 2.24) is 4.72 Å². The summed E-state index contributed by atoms with van der Waals surface area (Å²) in [6, 6.07) is 6.27. The van der Waals surface area contributed by atoms with E-state index < -0.39 is 10.0 Å². The molecule has 0 atom stereocenters. The Morgan fingerprint density at radius 3 is 2.76 bits per heavy atom. The number of nitrogens with one attached hydrogen (secondary N) is 1. The second-order valence-electron chi connectivity index (χ2n) is 4.49. The summed E-state index contributed by atoms with van der Waals surface area (Å²) in [6.45, 7) is 5.87. The topological polar surface area (TPSA) is 49.4 Å². The Labute approximate surface area is 103 Å². The van der Waals surface area contributed by atoms with Crippen LogP contribution in [0, 0.1) is 13.8 Å². The highest BCUT2D eigenvalue weighted by molar-refractivity contribution is 7.89. The van der Waals surface area contributed by atoms with Gasteiger partial charge in [0.2, 0.25) is 10.0 Å². The van der Waals surface area contributed by atoms with Gasteiger partial charge in [-0.15, -0.1) is 0 Å². The van der Waals surface area contributed by atoms with Gasteiger partial charge in [-0.1, -0.05) is 12.1 Å². The maximum Gasteiger partial charge on any atom is 0.213 e. The highest BCUT2D eigenvalue weighted by atomic mass is 32.2. The zero-order chi connectivity index (χ0) is 12.5. The fourth-order valence-corrected chi connectivity index (χ4v) is 3.06. The molecule has 1 aromatic rings. The highest BCUT2D eigenvalue weighted by Gasteiger charge is 2.19. The maximum absolute atomic E-state index is 11.5. The summed E-state index contributed by atoms with van der Waals surface area (Å²) in [6.07, 6.45) is 0. The fourth-order valence-electron chi connectivity index (χ4n) is 2.05. The molecule has 0 bridgehead atoms. The van der Waals surface area contributed by atoms with E-state index in [1.54, 1.807) is 0 Å². The van der Waals surface area contributed by atoms with E-state index in [2.05, 4.69) is 41.7 Å². The molecule has 0 aliphatic carbocycles. The summed E-state index contributed by atoms with van der Waals surface area (Å²) >= 11 is 0. The number of rotatable bonds is 1. The van der Waals surface area contributed by atoms with Gasteiger partial charge in [0.15, 0.2) is 0 Å². The van der Waals surface area contributed by atoms with E-state index in [0.717, 1.165) is 12.2 Å². The van der Waals surface area contributed by atoms with Crippen molar-refractivity contribution in [3.63, 3.8) is 0 Å². The average Bonchev–Trinajstić information content (AvgIpc) is 2.43. The largest absolute Gasteiger partial charge is 0.369 e. The predicted molar refractivity (Wildman–Crippen MR) is 69.9 cm³/mol. The number of hydrogen-bond acceptors (Lipinski definition) is 3. The van der Waals surface area contributed by atoms with E-state index in [0.29, 0.717) is 13.1 Å². The normalized spacial score (nSPS) is 20.0.